The van der Waals surface area contributed by atoms with Gasteiger partial charge in [0, 0.05) is 31.9 Å². The highest BCUT2D eigenvalue weighted by atomic mass is 79.9. The Morgan fingerprint density at radius 2 is 1.79 bits per heavy atom. The molecule has 1 aromatic carbocycles. The molecule has 0 unspecified atom stereocenters. The number of anilines is 2. The first-order chi connectivity index (χ1) is 13.1. The zero-order valence-corrected chi connectivity index (χ0v) is 17.4. The van der Waals surface area contributed by atoms with Gasteiger partial charge in [-0.05, 0) is 55.0 Å². The summed E-state index contributed by atoms with van der Waals surface area (Å²) >= 11 is 3.25. The summed E-state index contributed by atoms with van der Waals surface area (Å²) in [5.41, 5.74) is -0.462. The lowest BCUT2D eigenvalue weighted by Crippen LogP contribution is -2.44. The molecule has 1 aliphatic rings. The number of benzene rings is 1. The maximum absolute atomic E-state index is 13.7. The van der Waals surface area contributed by atoms with Gasteiger partial charge in [-0.15, -0.1) is 0 Å². The molecule has 0 spiro atoms. The van der Waals surface area contributed by atoms with Crippen LogP contribution in [0.5, 0.6) is 0 Å². The molecule has 1 fully saturated rings. The van der Waals surface area contributed by atoms with Gasteiger partial charge in [-0.3, -0.25) is 4.79 Å². The summed E-state index contributed by atoms with van der Waals surface area (Å²) in [6, 6.07) is 4.02. The Bertz CT molecular complexity index is 887. The number of amides is 1. The van der Waals surface area contributed by atoms with Crippen LogP contribution in [0.15, 0.2) is 27.1 Å². The molecule has 1 amide bonds. The van der Waals surface area contributed by atoms with Crippen LogP contribution in [-0.2, 0) is 6.18 Å². The Morgan fingerprint density at radius 1 is 1.14 bits per heavy atom. The van der Waals surface area contributed by atoms with Crippen LogP contribution in [0.4, 0.5) is 24.5 Å². The predicted molar refractivity (Wildman–Crippen MR) is 105 cm³/mol. The number of nitrogens with one attached hydrogen (secondary N) is 1. The third kappa shape index (κ3) is 4.20. The van der Waals surface area contributed by atoms with Crippen molar-refractivity contribution in [1.82, 2.24) is 4.90 Å². The lowest BCUT2D eigenvalue weighted by atomic mass is 10.1. The van der Waals surface area contributed by atoms with Crippen LogP contribution < -0.4 is 10.2 Å². The van der Waals surface area contributed by atoms with Crippen molar-refractivity contribution in [2.45, 2.75) is 20.0 Å². The van der Waals surface area contributed by atoms with Gasteiger partial charge in [0.1, 0.15) is 11.5 Å². The molecular weight excluding hydrogens is 439 g/mol. The number of carbonyl (C=O) groups excluding carboxylic acids is 1. The first kappa shape index (κ1) is 20.7. The zero-order valence-electron chi connectivity index (χ0n) is 15.8. The molecule has 5 nitrogen and oxygen atoms in total. The van der Waals surface area contributed by atoms with Crippen molar-refractivity contribution in [3.8, 4) is 0 Å². The molecule has 3 rings (SSSR count). The van der Waals surface area contributed by atoms with Crippen LogP contribution in [0.25, 0.3) is 0 Å². The Kier molecular flexibility index (Phi) is 5.77. The van der Waals surface area contributed by atoms with Crippen LogP contribution in [0, 0.1) is 13.8 Å². The second-order valence-electron chi connectivity index (χ2n) is 6.88. The van der Waals surface area contributed by atoms with Crippen molar-refractivity contribution >= 4 is 33.2 Å². The molecule has 1 aromatic heterocycles. The lowest BCUT2D eigenvalue weighted by molar-refractivity contribution is -0.136. The maximum atomic E-state index is 13.7. The van der Waals surface area contributed by atoms with Crippen molar-refractivity contribution in [2.24, 2.45) is 0 Å². The maximum Gasteiger partial charge on any atom is 0.418 e. The van der Waals surface area contributed by atoms with E-state index >= 15 is 0 Å². The molecule has 9 heteroatoms. The quantitative estimate of drug-likeness (QED) is 0.723. The normalized spacial score (nSPS) is 15.8. The van der Waals surface area contributed by atoms with E-state index in [0.717, 1.165) is 19.2 Å². The number of furan rings is 1. The van der Waals surface area contributed by atoms with Gasteiger partial charge >= 0.3 is 6.18 Å². The first-order valence-corrected chi connectivity index (χ1v) is 9.59. The molecule has 2 heterocycles. The summed E-state index contributed by atoms with van der Waals surface area (Å²) in [6.07, 6.45) is -4.59. The van der Waals surface area contributed by atoms with Gasteiger partial charge in [0.2, 0.25) is 0 Å². The number of rotatable bonds is 3. The number of alkyl halides is 3. The fourth-order valence-corrected chi connectivity index (χ4v) is 3.78. The van der Waals surface area contributed by atoms with Crippen LogP contribution in [0.2, 0.25) is 0 Å². The molecule has 2 aromatic rings. The number of nitrogens with zero attached hydrogens (tertiary/aromatic N) is 2. The average Bonchev–Trinajstić information content (AvgIpc) is 2.87. The number of halogens is 4. The van der Waals surface area contributed by atoms with E-state index in [2.05, 4.69) is 26.1 Å². The predicted octanol–water partition coefficient (Wildman–Crippen LogP) is 4.68. The fraction of sp³-hybridized carbons (Fsp3) is 0.421. The standard InChI is InChI=1S/C19H21BrF3N3O2/c1-11-16(17(20)12(2)28-11)18(27)24-15-5-4-13(10-14(15)19(21,22)23)26-8-6-25(3)7-9-26/h4-5,10H,6-9H2,1-3H3,(H,24,27). The number of hydrogen-bond donors (Lipinski definition) is 1. The Hall–Kier alpha value is -2.00. The van der Waals surface area contributed by atoms with Gasteiger partial charge in [0.05, 0.1) is 21.3 Å². The highest BCUT2D eigenvalue weighted by Crippen LogP contribution is 2.38. The second-order valence-corrected chi connectivity index (χ2v) is 7.67. The van der Waals surface area contributed by atoms with Crippen LogP contribution in [0.3, 0.4) is 0 Å². The summed E-state index contributed by atoms with van der Waals surface area (Å²) in [7, 11) is 1.98. The fourth-order valence-electron chi connectivity index (χ4n) is 3.24. The summed E-state index contributed by atoms with van der Waals surface area (Å²) in [5, 5.41) is 2.39. The van der Waals surface area contributed by atoms with Crippen molar-refractivity contribution < 1.29 is 22.4 Å². The molecular formula is C19H21BrF3N3O2. The minimum atomic E-state index is -4.59. The van der Waals surface area contributed by atoms with Gasteiger partial charge in [0.15, 0.2) is 0 Å². The van der Waals surface area contributed by atoms with E-state index in [-0.39, 0.29) is 11.3 Å². The monoisotopic (exact) mass is 459 g/mol. The van der Waals surface area contributed by atoms with E-state index in [0.29, 0.717) is 34.8 Å². The SMILES string of the molecule is Cc1oc(C)c(C(=O)Nc2ccc(N3CCN(C)CC3)cc2C(F)(F)F)c1Br. The average molecular weight is 460 g/mol. The summed E-state index contributed by atoms with van der Waals surface area (Å²) < 4.78 is 46.8. The Balaban J connectivity index is 1.91. The first-order valence-electron chi connectivity index (χ1n) is 8.79. The number of piperazine rings is 1. The number of aryl methyl sites for hydroxylation is 2. The van der Waals surface area contributed by atoms with Gasteiger partial charge < -0.3 is 19.5 Å². The summed E-state index contributed by atoms with van der Waals surface area (Å²) in [4.78, 5) is 16.6. The van der Waals surface area contributed by atoms with Gasteiger partial charge in [-0.25, -0.2) is 0 Å². The third-order valence-electron chi connectivity index (χ3n) is 4.84. The molecule has 0 bridgehead atoms. The zero-order chi connectivity index (χ0) is 20.6. The minimum Gasteiger partial charge on any atom is -0.465 e. The van der Waals surface area contributed by atoms with E-state index in [9.17, 15) is 18.0 Å². The van der Waals surface area contributed by atoms with Gasteiger partial charge in [-0.1, -0.05) is 0 Å². The molecule has 0 aliphatic carbocycles. The van der Waals surface area contributed by atoms with E-state index in [1.54, 1.807) is 19.9 Å². The molecule has 0 radical (unpaired) electrons. The number of likely N-dealkylation sites (N-methyl/N-ethyl adjacent to an activating group) is 1. The molecule has 1 saturated heterocycles. The van der Waals surface area contributed by atoms with Crippen LogP contribution in [-0.4, -0.2) is 44.0 Å². The van der Waals surface area contributed by atoms with Crippen molar-refractivity contribution in [2.75, 3.05) is 43.4 Å². The smallest absolute Gasteiger partial charge is 0.418 e. The largest absolute Gasteiger partial charge is 0.465 e. The van der Waals surface area contributed by atoms with Crippen LogP contribution in [0.1, 0.15) is 27.4 Å². The second kappa shape index (κ2) is 7.79. The molecule has 1 N–H and O–H groups in total. The molecule has 0 atom stereocenters. The highest BCUT2D eigenvalue weighted by molar-refractivity contribution is 9.10. The van der Waals surface area contributed by atoms with Crippen LogP contribution >= 0.6 is 15.9 Å². The Labute approximate surface area is 169 Å². The van der Waals surface area contributed by atoms with Gasteiger partial charge in [-0.2, -0.15) is 13.2 Å². The van der Waals surface area contributed by atoms with Gasteiger partial charge in [0.25, 0.3) is 5.91 Å². The molecule has 0 saturated carbocycles. The summed E-state index contributed by atoms with van der Waals surface area (Å²) in [6.45, 7) is 6.13. The van der Waals surface area contributed by atoms with Crippen molar-refractivity contribution in [3.05, 3.63) is 45.3 Å². The van der Waals surface area contributed by atoms with Crippen molar-refractivity contribution in [3.63, 3.8) is 0 Å². The van der Waals surface area contributed by atoms with E-state index in [4.69, 9.17) is 4.42 Å². The van der Waals surface area contributed by atoms with E-state index in [1.807, 2.05) is 11.9 Å². The Morgan fingerprint density at radius 3 is 2.32 bits per heavy atom. The molecule has 28 heavy (non-hydrogen) atoms. The third-order valence-corrected chi connectivity index (χ3v) is 5.79. The number of hydrogen-bond acceptors (Lipinski definition) is 4. The lowest BCUT2D eigenvalue weighted by Gasteiger charge is -2.34. The molecule has 1 aliphatic heterocycles. The summed E-state index contributed by atoms with van der Waals surface area (Å²) in [5.74, 6) is 0.174. The highest BCUT2D eigenvalue weighted by Gasteiger charge is 2.35. The topological polar surface area (TPSA) is 48.7 Å². The minimum absolute atomic E-state index is 0.189. The molecule has 152 valence electrons. The number of carbonyl (C=O) groups is 1. The van der Waals surface area contributed by atoms with Crippen molar-refractivity contribution in [1.29, 1.82) is 0 Å². The van der Waals surface area contributed by atoms with E-state index in [1.165, 1.54) is 6.07 Å². The van der Waals surface area contributed by atoms with E-state index < -0.39 is 17.6 Å².